The average molecular weight is 288 g/mol. The summed E-state index contributed by atoms with van der Waals surface area (Å²) in [5.41, 5.74) is 1.99. The van der Waals surface area contributed by atoms with Gasteiger partial charge >= 0.3 is 0 Å². The van der Waals surface area contributed by atoms with Crippen LogP contribution in [0.25, 0.3) is 0 Å². The summed E-state index contributed by atoms with van der Waals surface area (Å²) in [7, 11) is 4.02. The van der Waals surface area contributed by atoms with E-state index < -0.39 is 0 Å². The van der Waals surface area contributed by atoms with Crippen molar-refractivity contribution < 1.29 is 19.1 Å². The van der Waals surface area contributed by atoms with Crippen LogP contribution in [0.2, 0.25) is 0 Å². The Morgan fingerprint density at radius 3 is 2.05 bits per heavy atom. The first-order valence-electron chi connectivity index (χ1n) is 6.60. The Morgan fingerprint density at radius 1 is 1.05 bits per heavy atom. The molecule has 2 rings (SSSR count). The number of ether oxygens (including phenoxy) is 1. The van der Waals surface area contributed by atoms with Crippen molar-refractivity contribution in [3.8, 4) is 0 Å². The molecular weight excluding hydrogens is 268 g/mol. The maximum Gasteiger partial charge on any atom is 0.257 e. The molecule has 0 atom stereocenters. The molecule has 0 fully saturated rings. The Kier molecular flexibility index (Phi) is 5.22. The molecule has 6 nitrogen and oxygen atoms in total. The standard InChI is InChI=1S/C15H19N4O2/c1-17(2)15-5-9-19(10-6-15)13-21-12-18-7-3-14(4-8-18)11-16-20/h3-11H,12-13H2,1-2H3/q+1/p+1. The van der Waals surface area contributed by atoms with E-state index in [1.54, 1.807) is 0 Å². The van der Waals surface area contributed by atoms with Crippen LogP contribution in [-0.4, -0.2) is 25.5 Å². The first kappa shape index (κ1) is 14.9. The van der Waals surface area contributed by atoms with E-state index in [9.17, 15) is 0 Å². The van der Waals surface area contributed by atoms with Crippen LogP contribution in [0.15, 0.2) is 54.2 Å². The molecule has 0 aliphatic carbocycles. The first-order valence-corrected chi connectivity index (χ1v) is 6.60. The Morgan fingerprint density at radius 2 is 1.57 bits per heavy atom. The van der Waals surface area contributed by atoms with Gasteiger partial charge in [0.15, 0.2) is 24.8 Å². The van der Waals surface area contributed by atoms with Crippen LogP contribution in [-0.2, 0) is 18.2 Å². The fraction of sp³-hybridized carbons (Fsp3) is 0.267. The van der Waals surface area contributed by atoms with Crippen LogP contribution in [0.5, 0.6) is 0 Å². The summed E-state index contributed by atoms with van der Waals surface area (Å²) in [6.45, 7) is 0.944. The van der Waals surface area contributed by atoms with Gasteiger partial charge in [0, 0.05) is 49.6 Å². The number of aromatic nitrogens is 2. The van der Waals surface area contributed by atoms with Crippen molar-refractivity contribution in [1.29, 1.82) is 0 Å². The summed E-state index contributed by atoms with van der Waals surface area (Å²) in [6, 6.07) is 7.78. The largest absolute Gasteiger partial charge is 0.411 e. The summed E-state index contributed by atoms with van der Waals surface area (Å²) < 4.78 is 9.51. The van der Waals surface area contributed by atoms with Crippen LogP contribution < -0.4 is 14.0 Å². The fourth-order valence-corrected chi connectivity index (χ4v) is 1.79. The van der Waals surface area contributed by atoms with E-state index in [4.69, 9.17) is 9.94 Å². The molecule has 1 N–H and O–H groups in total. The van der Waals surface area contributed by atoms with Crippen LogP contribution in [0, 0.1) is 0 Å². The first-order chi connectivity index (χ1) is 10.2. The van der Waals surface area contributed by atoms with Crippen molar-refractivity contribution in [2.24, 2.45) is 5.16 Å². The predicted octanol–water partition coefficient (Wildman–Crippen LogP) is 0.768. The molecule has 0 saturated carbocycles. The van der Waals surface area contributed by atoms with Gasteiger partial charge in [0.05, 0.1) is 6.21 Å². The number of rotatable bonds is 6. The van der Waals surface area contributed by atoms with Crippen LogP contribution >= 0.6 is 0 Å². The van der Waals surface area contributed by atoms with Crippen LogP contribution in [0.3, 0.4) is 0 Å². The van der Waals surface area contributed by atoms with Gasteiger partial charge in [0.25, 0.3) is 13.5 Å². The van der Waals surface area contributed by atoms with Crippen molar-refractivity contribution in [3.63, 3.8) is 0 Å². The van der Waals surface area contributed by atoms with Gasteiger partial charge < -0.3 is 10.1 Å². The zero-order valence-corrected chi connectivity index (χ0v) is 12.3. The zero-order chi connectivity index (χ0) is 15.1. The van der Waals surface area contributed by atoms with E-state index in [1.165, 1.54) is 6.21 Å². The highest BCUT2D eigenvalue weighted by Gasteiger charge is 2.05. The molecular formula is C15H20N4O2+2. The average Bonchev–Trinajstić information content (AvgIpc) is 2.50. The Labute approximate surface area is 124 Å². The molecule has 0 saturated heterocycles. The number of nitrogens with zero attached hydrogens (tertiary/aromatic N) is 4. The third-order valence-electron chi connectivity index (χ3n) is 2.99. The zero-order valence-electron chi connectivity index (χ0n) is 12.3. The molecule has 2 aromatic rings. The van der Waals surface area contributed by atoms with E-state index >= 15 is 0 Å². The van der Waals surface area contributed by atoms with Gasteiger partial charge in [0.1, 0.15) is 0 Å². The second-order valence-corrected chi connectivity index (χ2v) is 4.82. The minimum absolute atomic E-state index is 0.457. The SMILES string of the molecule is CN(C)c1cc[n+](COC[n+]2ccc(C=NO)cc2)cc1. The van der Waals surface area contributed by atoms with Gasteiger partial charge in [0.2, 0.25) is 0 Å². The molecule has 6 heteroatoms. The third kappa shape index (κ3) is 4.54. The van der Waals surface area contributed by atoms with Gasteiger partial charge in [-0.05, 0) is 0 Å². The van der Waals surface area contributed by atoms with E-state index in [0.717, 1.165) is 11.3 Å². The Hall–Kier alpha value is -2.47. The van der Waals surface area contributed by atoms with Crippen LogP contribution in [0.1, 0.15) is 5.56 Å². The van der Waals surface area contributed by atoms with Crippen molar-refractivity contribution >= 4 is 11.9 Å². The smallest absolute Gasteiger partial charge is 0.257 e. The molecule has 0 amide bonds. The summed E-state index contributed by atoms with van der Waals surface area (Å²) in [6.07, 6.45) is 9.10. The second kappa shape index (κ2) is 7.35. The number of hydrogen-bond acceptors (Lipinski definition) is 4. The molecule has 0 aliphatic rings. The Bertz CT molecular complexity index is 580. The van der Waals surface area contributed by atoms with Crippen molar-refractivity contribution in [3.05, 3.63) is 54.6 Å². The third-order valence-corrected chi connectivity index (χ3v) is 2.99. The van der Waals surface area contributed by atoms with E-state index in [0.29, 0.717) is 13.5 Å². The lowest BCUT2D eigenvalue weighted by molar-refractivity contribution is -0.788. The monoisotopic (exact) mass is 288 g/mol. The van der Waals surface area contributed by atoms with E-state index in [-0.39, 0.29) is 0 Å². The Balaban J connectivity index is 1.83. The minimum atomic E-state index is 0.457. The molecule has 0 bridgehead atoms. The topological polar surface area (TPSA) is 52.8 Å². The van der Waals surface area contributed by atoms with Gasteiger partial charge in [-0.3, -0.25) is 4.74 Å². The molecule has 2 heterocycles. The summed E-state index contributed by atoms with van der Waals surface area (Å²) in [4.78, 5) is 2.05. The van der Waals surface area contributed by atoms with E-state index in [2.05, 4.69) is 10.1 Å². The predicted molar refractivity (Wildman–Crippen MR) is 78.1 cm³/mol. The van der Waals surface area contributed by atoms with Gasteiger partial charge in [-0.15, -0.1) is 0 Å². The molecule has 21 heavy (non-hydrogen) atoms. The lowest BCUT2D eigenvalue weighted by Gasteiger charge is -2.10. The highest BCUT2D eigenvalue weighted by Crippen LogP contribution is 2.05. The molecule has 0 unspecified atom stereocenters. The maximum absolute atomic E-state index is 8.44. The summed E-state index contributed by atoms with van der Waals surface area (Å²) >= 11 is 0. The number of hydrogen-bond donors (Lipinski definition) is 1. The van der Waals surface area contributed by atoms with Gasteiger partial charge in [-0.2, -0.15) is 9.13 Å². The molecule has 0 aliphatic heterocycles. The highest BCUT2D eigenvalue weighted by molar-refractivity contribution is 5.78. The second-order valence-electron chi connectivity index (χ2n) is 4.82. The summed E-state index contributed by atoms with van der Waals surface area (Å²) in [5, 5.41) is 11.4. The molecule has 2 aromatic heterocycles. The number of pyridine rings is 2. The number of oxime groups is 1. The van der Waals surface area contributed by atoms with Crippen molar-refractivity contribution in [1.82, 2.24) is 0 Å². The van der Waals surface area contributed by atoms with E-state index in [1.807, 2.05) is 72.3 Å². The minimum Gasteiger partial charge on any atom is -0.411 e. The molecule has 110 valence electrons. The lowest BCUT2D eigenvalue weighted by Crippen LogP contribution is -2.40. The normalized spacial score (nSPS) is 11.0. The fourth-order valence-electron chi connectivity index (χ4n) is 1.79. The van der Waals surface area contributed by atoms with Crippen molar-refractivity contribution in [2.75, 3.05) is 19.0 Å². The van der Waals surface area contributed by atoms with Gasteiger partial charge in [-0.25, -0.2) is 0 Å². The maximum atomic E-state index is 8.44. The molecule has 0 spiro atoms. The number of anilines is 1. The molecule has 0 aromatic carbocycles. The summed E-state index contributed by atoms with van der Waals surface area (Å²) in [5.74, 6) is 0. The van der Waals surface area contributed by atoms with Crippen molar-refractivity contribution in [2.45, 2.75) is 13.5 Å². The van der Waals surface area contributed by atoms with Gasteiger partial charge in [-0.1, -0.05) is 5.16 Å². The lowest BCUT2D eigenvalue weighted by atomic mass is 10.3. The molecule has 0 radical (unpaired) electrons. The van der Waals surface area contributed by atoms with Crippen LogP contribution in [0.4, 0.5) is 5.69 Å². The quantitative estimate of drug-likeness (QED) is 0.370. The highest BCUT2D eigenvalue weighted by atomic mass is 16.5.